The summed E-state index contributed by atoms with van der Waals surface area (Å²) in [6.07, 6.45) is 1.71. The highest BCUT2D eigenvalue weighted by molar-refractivity contribution is 7.71. The molecule has 3 aromatic rings. The number of piperazine rings is 1. The van der Waals surface area contributed by atoms with Crippen LogP contribution in [0, 0.1) is 16.1 Å². The summed E-state index contributed by atoms with van der Waals surface area (Å²) in [6, 6.07) is 14.2. The Bertz CT molecular complexity index is 1050. The Hall–Kier alpha value is -2.69. The molecule has 1 aliphatic heterocycles. The minimum Gasteiger partial charge on any atom is -0.354 e. The van der Waals surface area contributed by atoms with Gasteiger partial charge in [0.2, 0.25) is 0 Å². The molecule has 1 saturated heterocycles. The quantitative estimate of drug-likeness (QED) is 0.653. The Labute approximate surface area is 163 Å². The van der Waals surface area contributed by atoms with Crippen LogP contribution in [-0.2, 0) is 13.2 Å². The molecule has 1 aliphatic rings. The molecule has 1 aromatic carbocycles. The first-order valence-corrected chi connectivity index (χ1v) is 9.63. The van der Waals surface area contributed by atoms with E-state index in [4.69, 9.17) is 17.5 Å². The molecule has 0 radical (unpaired) electrons. The van der Waals surface area contributed by atoms with Gasteiger partial charge in [-0.25, -0.2) is 4.98 Å². The average molecular weight is 379 g/mol. The molecule has 4 rings (SSSR count). The zero-order valence-corrected chi connectivity index (χ0v) is 16.2. The smallest absolute Gasteiger partial charge is 0.181 e. The van der Waals surface area contributed by atoms with Gasteiger partial charge in [-0.05, 0) is 43.4 Å². The second kappa shape index (κ2) is 7.51. The number of nitrogens with zero attached hydrogens (tertiary/aromatic N) is 6. The van der Waals surface area contributed by atoms with E-state index in [1.165, 1.54) is 11.0 Å². The monoisotopic (exact) mass is 378 g/mol. The van der Waals surface area contributed by atoms with Crippen LogP contribution in [0.15, 0.2) is 42.6 Å². The van der Waals surface area contributed by atoms with Crippen LogP contribution < -0.4 is 4.90 Å². The first-order valence-electron chi connectivity index (χ1n) is 9.22. The fraction of sp³-hybridized carbons (Fsp3) is 0.350. The Morgan fingerprint density at radius 3 is 2.44 bits per heavy atom. The molecule has 0 unspecified atom stereocenters. The lowest BCUT2D eigenvalue weighted by molar-refractivity contribution is 0.207. The number of aromatic nitrogens is 3. The van der Waals surface area contributed by atoms with Crippen molar-refractivity contribution in [2.45, 2.75) is 20.1 Å². The van der Waals surface area contributed by atoms with Crippen LogP contribution in [0.5, 0.6) is 0 Å². The molecule has 1 fully saturated rings. The van der Waals surface area contributed by atoms with Crippen LogP contribution in [0.2, 0.25) is 0 Å². The molecule has 0 amide bonds. The number of nitriles is 1. The van der Waals surface area contributed by atoms with E-state index in [1.54, 1.807) is 12.3 Å². The fourth-order valence-electron chi connectivity index (χ4n) is 3.69. The van der Waals surface area contributed by atoms with Crippen LogP contribution in [0.4, 0.5) is 5.82 Å². The predicted octanol–water partition coefficient (Wildman–Crippen LogP) is 3.24. The third-order valence-corrected chi connectivity index (χ3v) is 5.59. The number of rotatable bonds is 4. The summed E-state index contributed by atoms with van der Waals surface area (Å²) in [5.74, 6) is 0.882. The number of para-hydroxylation sites is 2. The van der Waals surface area contributed by atoms with E-state index in [-0.39, 0.29) is 0 Å². The number of anilines is 1. The van der Waals surface area contributed by atoms with Gasteiger partial charge >= 0.3 is 0 Å². The van der Waals surface area contributed by atoms with Crippen LogP contribution in [0.3, 0.4) is 0 Å². The van der Waals surface area contributed by atoms with Gasteiger partial charge in [-0.15, -0.1) is 0 Å². The van der Waals surface area contributed by atoms with E-state index in [0.29, 0.717) is 5.56 Å². The Morgan fingerprint density at radius 1 is 1.07 bits per heavy atom. The lowest BCUT2D eigenvalue weighted by Gasteiger charge is -2.35. The van der Waals surface area contributed by atoms with Gasteiger partial charge < -0.3 is 14.0 Å². The third kappa shape index (κ3) is 3.34. The lowest BCUT2D eigenvalue weighted by atomic mass is 10.2. The summed E-state index contributed by atoms with van der Waals surface area (Å²) in [4.78, 5) is 9.09. The van der Waals surface area contributed by atoms with Crippen LogP contribution in [-0.4, -0.2) is 45.2 Å². The predicted molar refractivity (Wildman–Crippen MR) is 109 cm³/mol. The molecule has 0 aliphatic carbocycles. The zero-order valence-electron chi connectivity index (χ0n) is 15.4. The molecule has 7 heteroatoms. The molecule has 27 heavy (non-hydrogen) atoms. The SMILES string of the molecule is CCn1c(=S)n(CN2CCN(c3cc(C#N)ccn3)CC2)c2ccccc21. The van der Waals surface area contributed by atoms with Crippen LogP contribution >= 0.6 is 12.2 Å². The topological polar surface area (TPSA) is 53.0 Å². The van der Waals surface area contributed by atoms with Crippen molar-refractivity contribution >= 4 is 29.1 Å². The molecular weight excluding hydrogens is 356 g/mol. The minimum atomic E-state index is 0.654. The lowest BCUT2D eigenvalue weighted by Crippen LogP contribution is -2.47. The van der Waals surface area contributed by atoms with Crippen LogP contribution in [0.1, 0.15) is 12.5 Å². The molecule has 138 valence electrons. The second-order valence-corrected chi connectivity index (χ2v) is 7.07. The Balaban J connectivity index is 1.50. The first kappa shape index (κ1) is 17.7. The van der Waals surface area contributed by atoms with Crippen molar-refractivity contribution in [2.24, 2.45) is 0 Å². The molecule has 0 atom stereocenters. The van der Waals surface area contributed by atoms with Gasteiger partial charge in [-0.2, -0.15) is 5.26 Å². The van der Waals surface area contributed by atoms with Gasteiger partial charge in [0.05, 0.1) is 29.3 Å². The molecule has 2 aromatic heterocycles. The number of hydrogen-bond acceptors (Lipinski definition) is 5. The molecular formula is C20H22N6S. The Morgan fingerprint density at radius 2 is 1.78 bits per heavy atom. The zero-order chi connectivity index (χ0) is 18.8. The summed E-state index contributed by atoms with van der Waals surface area (Å²) in [5.41, 5.74) is 3.04. The van der Waals surface area contributed by atoms with Gasteiger partial charge in [-0.1, -0.05) is 12.1 Å². The van der Waals surface area contributed by atoms with Crippen molar-refractivity contribution in [1.82, 2.24) is 19.0 Å². The maximum Gasteiger partial charge on any atom is 0.181 e. The number of imidazole rings is 1. The van der Waals surface area contributed by atoms with Crippen molar-refractivity contribution in [1.29, 1.82) is 5.26 Å². The number of pyridine rings is 1. The van der Waals surface area contributed by atoms with Gasteiger partial charge in [0.1, 0.15) is 5.82 Å². The number of aryl methyl sites for hydroxylation is 1. The Kier molecular flexibility index (Phi) is 4.92. The van der Waals surface area contributed by atoms with Gasteiger partial charge in [0.25, 0.3) is 0 Å². The molecule has 6 nitrogen and oxygen atoms in total. The summed E-state index contributed by atoms with van der Waals surface area (Å²) in [5, 5.41) is 9.08. The maximum absolute atomic E-state index is 9.08. The molecule has 0 bridgehead atoms. The highest BCUT2D eigenvalue weighted by Crippen LogP contribution is 2.20. The number of benzene rings is 1. The summed E-state index contributed by atoms with van der Waals surface area (Å²) >= 11 is 5.74. The molecule has 0 saturated carbocycles. The molecule has 0 spiro atoms. The van der Waals surface area contributed by atoms with Gasteiger partial charge in [0, 0.05) is 38.9 Å². The van der Waals surface area contributed by atoms with Crippen LogP contribution in [0.25, 0.3) is 11.0 Å². The highest BCUT2D eigenvalue weighted by Gasteiger charge is 2.20. The second-order valence-electron chi connectivity index (χ2n) is 6.70. The molecule has 3 heterocycles. The summed E-state index contributed by atoms with van der Waals surface area (Å²) in [7, 11) is 0. The maximum atomic E-state index is 9.08. The summed E-state index contributed by atoms with van der Waals surface area (Å²) < 4.78 is 5.31. The largest absolute Gasteiger partial charge is 0.354 e. The van der Waals surface area contributed by atoms with Gasteiger partial charge in [0.15, 0.2) is 4.77 Å². The van der Waals surface area contributed by atoms with Crippen molar-refractivity contribution in [3.8, 4) is 6.07 Å². The van der Waals surface area contributed by atoms with Gasteiger partial charge in [-0.3, -0.25) is 4.90 Å². The van der Waals surface area contributed by atoms with E-state index in [9.17, 15) is 0 Å². The number of hydrogen-bond donors (Lipinski definition) is 0. The highest BCUT2D eigenvalue weighted by atomic mass is 32.1. The fourth-order valence-corrected chi connectivity index (χ4v) is 4.08. The van der Waals surface area contributed by atoms with Crippen molar-refractivity contribution in [2.75, 3.05) is 31.1 Å². The van der Waals surface area contributed by atoms with E-state index >= 15 is 0 Å². The van der Waals surface area contributed by atoms with Crippen molar-refractivity contribution in [3.05, 3.63) is 52.9 Å². The van der Waals surface area contributed by atoms with E-state index in [0.717, 1.165) is 50.0 Å². The summed E-state index contributed by atoms with van der Waals surface area (Å²) in [6.45, 7) is 7.46. The van der Waals surface area contributed by atoms with E-state index in [1.807, 2.05) is 6.07 Å². The third-order valence-electron chi connectivity index (χ3n) is 5.15. The minimum absolute atomic E-state index is 0.654. The normalized spacial score (nSPS) is 15.2. The molecule has 0 N–H and O–H groups in total. The average Bonchev–Trinajstić information content (AvgIpc) is 2.99. The van der Waals surface area contributed by atoms with E-state index in [2.05, 4.69) is 61.2 Å². The first-order chi connectivity index (χ1) is 13.2. The standard InChI is InChI=1S/C20H22N6S/c1-2-25-17-5-3-4-6-18(17)26(20(25)27)15-23-9-11-24(12-10-23)19-13-16(14-21)7-8-22-19/h3-8,13H,2,9-12,15H2,1H3. The number of fused-ring (bicyclic) bond motifs is 1. The van der Waals surface area contributed by atoms with Crippen molar-refractivity contribution < 1.29 is 0 Å². The van der Waals surface area contributed by atoms with E-state index < -0.39 is 0 Å². The van der Waals surface area contributed by atoms with Crippen molar-refractivity contribution in [3.63, 3.8) is 0 Å².